The number of thioether (sulfide) groups is 1. The maximum absolute atomic E-state index is 6.19. The van der Waals surface area contributed by atoms with Crippen LogP contribution in [-0.4, -0.2) is 25.0 Å². The van der Waals surface area contributed by atoms with Crippen molar-refractivity contribution in [1.29, 1.82) is 0 Å². The predicted octanol–water partition coefficient (Wildman–Crippen LogP) is 6.43. The molecule has 0 aliphatic rings. The molecule has 0 aliphatic heterocycles. The van der Waals surface area contributed by atoms with E-state index in [1.165, 1.54) is 11.8 Å². The van der Waals surface area contributed by atoms with Crippen LogP contribution in [0.5, 0.6) is 5.75 Å². The van der Waals surface area contributed by atoms with E-state index in [2.05, 4.69) is 20.4 Å². The van der Waals surface area contributed by atoms with E-state index in [1.54, 1.807) is 11.3 Å². The quantitative estimate of drug-likeness (QED) is 0.232. The molecule has 0 radical (unpaired) electrons. The second kappa shape index (κ2) is 9.82. The number of rotatable bonds is 8. The van der Waals surface area contributed by atoms with Gasteiger partial charge in [0.15, 0.2) is 11.0 Å². The van der Waals surface area contributed by atoms with E-state index in [0.29, 0.717) is 24.2 Å². The molecule has 2 aromatic carbocycles. The fourth-order valence-electron chi connectivity index (χ4n) is 3.58. The van der Waals surface area contributed by atoms with Gasteiger partial charge in [-0.15, -0.1) is 31.7 Å². The smallest absolute Gasteiger partial charge is 0.257 e. The number of ether oxygens (including phenoxy) is 1. The molecule has 5 rings (SSSR count). The van der Waals surface area contributed by atoms with Crippen molar-refractivity contribution >= 4 is 23.1 Å². The first-order chi connectivity index (χ1) is 16.6. The Hall–Kier alpha value is -3.43. The molecule has 0 aliphatic carbocycles. The zero-order chi connectivity index (χ0) is 23.5. The summed E-state index contributed by atoms with van der Waals surface area (Å²) in [5.74, 6) is 2.67. The van der Waals surface area contributed by atoms with Gasteiger partial charge in [-0.25, -0.2) is 0 Å². The first-order valence-electron chi connectivity index (χ1n) is 10.8. The van der Waals surface area contributed by atoms with E-state index in [4.69, 9.17) is 9.15 Å². The van der Waals surface area contributed by atoms with Crippen molar-refractivity contribution in [3.8, 4) is 22.2 Å². The van der Waals surface area contributed by atoms with Crippen LogP contribution < -0.4 is 4.74 Å². The van der Waals surface area contributed by atoms with Crippen molar-refractivity contribution in [2.24, 2.45) is 0 Å². The number of aromatic nitrogens is 5. The Balaban J connectivity index is 1.41. The molecule has 0 fully saturated rings. The number of hydrogen-bond donors (Lipinski definition) is 0. The molecule has 0 saturated carbocycles. The molecule has 0 N–H and O–H groups in total. The van der Waals surface area contributed by atoms with Gasteiger partial charge in [0.05, 0.1) is 10.1 Å². The van der Waals surface area contributed by atoms with Crippen LogP contribution in [0.2, 0.25) is 0 Å². The van der Waals surface area contributed by atoms with Gasteiger partial charge in [0.1, 0.15) is 12.4 Å². The standard InChI is InChI=1S/C25H23N5O2S2/c1-16-9-7-10-17(2)22(16)31-15-21-26-29-25(30(21)19-11-5-4-6-12-19)34-18(3)23-27-28-24(32-23)20-13-8-14-33-20/h4-14,18H,15H2,1-3H3. The summed E-state index contributed by atoms with van der Waals surface area (Å²) in [4.78, 5) is 0.953. The Morgan fingerprint density at radius 3 is 2.47 bits per heavy atom. The van der Waals surface area contributed by atoms with E-state index in [-0.39, 0.29) is 5.25 Å². The third-order valence-corrected chi connectivity index (χ3v) is 7.16. The molecule has 0 spiro atoms. The molecule has 34 heavy (non-hydrogen) atoms. The van der Waals surface area contributed by atoms with Gasteiger partial charge in [-0.05, 0) is 55.5 Å². The first-order valence-corrected chi connectivity index (χ1v) is 12.6. The highest BCUT2D eigenvalue weighted by molar-refractivity contribution is 7.99. The first kappa shape index (κ1) is 22.4. The molecule has 0 bridgehead atoms. The summed E-state index contributed by atoms with van der Waals surface area (Å²) in [6.07, 6.45) is 0. The molecule has 3 heterocycles. The summed E-state index contributed by atoms with van der Waals surface area (Å²) >= 11 is 3.09. The average molecular weight is 490 g/mol. The number of benzene rings is 2. The van der Waals surface area contributed by atoms with Crippen LogP contribution in [-0.2, 0) is 6.61 Å². The maximum Gasteiger partial charge on any atom is 0.257 e. The average Bonchev–Trinajstić information content (AvgIpc) is 3.60. The largest absolute Gasteiger partial charge is 0.485 e. The number of aryl methyl sites for hydroxylation is 2. The van der Waals surface area contributed by atoms with Gasteiger partial charge in [0.25, 0.3) is 5.89 Å². The lowest BCUT2D eigenvalue weighted by molar-refractivity contribution is 0.289. The topological polar surface area (TPSA) is 78.9 Å². The summed E-state index contributed by atoms with van der Waals surface area (Å²) in [5.41, 5.74) is 3.14. The molecule has 1 atom stereocenters. The number of hydrogen-bond acceptors (Lipinski definition) is 8. The Kier molecular flexibility index (Phi) is 6.46. The molecule has 5 aromatic rings. The lowest BCUT2D eigenvalue weighted by atomic mass is 10.1. The van der Waals surface area contributed by atoms with E-state index in [0.717, 1.165) is 32.6 Å². The lowest BCUT2D eigenvalue weighted by Gasteiger charge is -2.14. The van der Waals surface area contributed by atoms with E-state index in [1.807, 2.05) is 91.4 Å². The molecule has 0 saturated heterocycles. The van der Waals surface area contributed by atoms with Crippen LogP contribution in [0, 0.1) is 13.8 Å². The molecule has 3 aromatic heterocycles. The van der Waals surface area contributed by atoms with E-state index < -0.39 is 0 Å². The second-order valence-electron chi connectivity index (χ2n) is 7.76. The molecular formula is C25H23N5O2S2. The fourth-order valence-corrected chi connectivity index (χ4v) is 5.14. The van der Waals surface area contributed by atoms with Crippen molar-refractivity contribution < 1.29 is 9.15 Å². The zero-order valence-electron chi connectivity index (χ0n) is 19.0. The van der Waals surface area contributed by atoms with Crippen LogP contribution in [0.4, 0.5) is 0 Å². The fraction of sp³-hybridized carbons (Fsp3) is 0.200. The predicted molar refractivity (Wildman–Crippen MR) is 133 cm³/mol. The number of nitrogens with zero attached hydrogens (tertiary/aromatic N) is 5. The summed E-state index contributed by atoms with van der Waals surface area (Å²) in [5, 5.41) is 20.0. The van der Waals surface area contributed by atoms with Gasteiger partial charge in [0.2, 0.25) is 5.89 Å². The Morgan fingerprint density at radius 1 is 0.941 bits per heavy atom. The Bertz CT molecular complexity index is 1360. The van der Waals surface area contributed by atoms with Crippen LogP contribution in [0.1, 0.15) is 35.0 Å². The summed E-state index contributed by atoms with van der Waals surface area (Å²) in [6, 6.07) is 20.1. The van der Waals surface area contributed by atoms with Gasteiger partial charge in [-0.1, -0.05) is 54.2 Å². The van der Waals surface area contributed by atoms with Crippen LogP contribution in [0.25, 0.3) is 16.5 Å². The lowest BCUT2D eigenvalue weighted by Crippen LogP contribution is -2.08. The minimum atomic E-state index is -0.111. The zero-order valence-corrected chi connectivity index (χ0v) is 20.6. The van der Waals surface area contributed by atoms with E-state index >= 15 is 0 Å². The van der Waals surface area contributed by atoms with Crippen molar-refractivity contribution in [2.75, 3.05) is 0 Å². The van der Waals surface area contributed by atoms with Crippen molar-refractivity contribution in [3.05, 3.63) is 88.9 Å². The van der Waals surface area contributed by atoms with Gasteiger partial charge in [-0.3, -0.25) is 4.57 Å². The van der Waals surface area contributed by atoms with Gasteiger partial charge >= 0.3 is 0 Å². The highest BCUT2D eigenvalue weighted by atomic mass is 32.2. The Labute approximate surface area is 205 Å². The SMILES string of the molecule is Cc1cccc(C)c1OCc1nnc(SC(C)c2nnc(-c3cccs3)o2)n1-c1ccccc1. The molecule has 0 amide bonds. The molecule has 9 heteroatoms. The summed E-state index contributed by atoms with van der Waals surface area (Å²) in [7, 11) is 0. The van der Waals surface area contributed by atoms with Gasteiger partial charge in [0, 0.05) is 5.69 Å². The summed E-state index contributed by atoms with van der Waals surface area (Å²) < 4.78 is 14.1. The van der Waals surface area contributed by atoms with E-state index in [9.17, 15) is 0 Å². The summed E-state index contributed by atoms with van der Waals surface area (Å²) in [6.45, 7) is 6.41. The molecule has 7 nitrogen and oxygen atoms in total. The third-order valence-electron chi connectivity index (χ3n) is 5.27. The number of para-hydroxylation sites is 2. The van der Waals surface area contributed by atoms with Crippen LogP contribution in [0.3, 0.4) is 0 Å². The highest BCUT2D eigenvalue weighted by Gasteiger charge is 2.22. The van der Waals surface area contributed by atoms with Crippen LogP contribution in [0.15, 0.2) is 75.6 Å². The minimum Gasteiger partial charge on any atom is -0.485 e. The number of thiophene rings is 1. The van der Waals surface area contributed by atoms with Crippen molar-refractivity contribution in [1.82, 2.24) is 25.0 Å². The maximum atomic E-state index is 6.19. The monoisotopic (exact) mass is 489 g/mol. The molecular weight excluding hydrogens is 466 g/mol. The second-order valence-corrected chi connectivity index (χ2v) is 10.0. The van der Waals surface area contributed by atoms with Crippen molar-refractivity contribution in [2.45, 2.75) is 37.8 Å². The van der Waals surface area contributed by atoms with Gasteiger partial charge < -0.3 is 9.15 Å². The normalized spacial score (nSPS) is 12.1. The minimum absolute atomic E-state index is 0.111. The Morgan fingerprint density at radius 2 is 1.74 bits per heavy atom. The molecule has 1 unspecified atom stereocenters. The van der Waals surface area contributed by atoms with Crippen LogP contribution >= 0.6 is 23.1 Å². The van der Waals surface area contributed by atoms with Crippen molar-refractivity contribution in [3.63, 3.8) is 0 Å². The highest BCUT2D eigenvalue weighted by Crippen LogP contribution is 2.36. The van der Waals surface area contributed by atoms with Gasteiger partial charge in [-0.2, -0.15) is 0 Å². The molecule has 172 valence electrons. The third kappa shape index (κ3) is 4.62.